The molecular weight excluding hydrogens is 474 g/mol. The van der Waals surface area contributed by atoms with E-state index in [0.717, 1.165) is 122 Å². The fourth-order valence-corrected chi connectivity index (χ4v) is 5.96. The summed E-state index contributed by atoms with van der Waals surface area (Å²) in [5.74, 6) is 4.50. The van der Waals surface area contributed by atoms with Crippen molar-refractivity contribution >= 4 is 22.4 Å². The Balaban J connectivity index is 1.27. The van der Waals surface area contributed by atoms with Crippen LogP contribution in [0.5, 0.6) is 0 Å². The van der Waals surface area contributed by atoms with Crippen LogP contribution in [0.4, 0.5) is 5.82 Å². The van der Waals surface area contributed by atoms with Gasteiger partial charge in [0.05, 0.1) is 26.0 Å². The van der Waals surface area contributed by atoms with Crippen LogP contribution >= 0.6 is 0 Å². The van der Waals surface area contributed by atoms with Gasteiger partial charge in [-0.05, 0) is 68.2 Å². The maximum absolute atomic E-state index is 6.32. The number of fused-ring (bicyclic) bond motifs is 2. The van der Waals surface area contributed by atoms with Crippen molar-refractivity contribution < 1.29 is 13.9 Å². The summed E-state index contributed by atoms with van der Waals surface area (Å²) in [6, 6.07) is 10.4. The largest absolute Gasteiger partial charge is 0.497 e. The second-order valence-electron chi connectivity index (χ2n) is 10.4. The SMILES string of the molecule is CCC1=CC(CCCc2nc3c(c(N4CCOCC4)n2)C(c2cc4ccccc4o2)=CCC3)CC=C1OC. The van der Waals surface area contributed by atoms with Crippen molar-refractivity contribution in [3.8, 4) is 0 Å². The first kappa shape index (κ1) is 24.9. The molecule has 1 aromatic carbocycles. The van der Waals surface area contributed by atoms with Crippen molar-refractivity contribution in [1.82, 2.24) is 9.97 Å². The molecule has 3 aromatic rings. The number of nitrogens with zero attached hydrogens (tertiary/aromatic N) is 3. The summed E-state index contributed by atoms with van der Waals surface area (Å²) < 4.78 is 17.5. The molecule has 1 aliphatic heterocycles. The average Bonchev–Trinajstić information content (AvgIpc) is 3.41. The number of ether oxygens (including phenoxy) is 2. The van der Waals surface area contributed by atoms with E-state index in [1.54, 1.807) is 7.11 Å². The monoisotopic (exact) mass is 511 g/mol. The number of hydrogen-bond donors (Lipinski definition) is 0. The van der Waals surface area contributed by atoms with Crippen molar-refractivity contribution in [1.29, 1.82) is 0 Å². The van der Waals surface area contributed by atoms with E-state index >= 15 is 0 Å². The molecule has 38 heavy (non-hydrogen) atoms. The van der Waals surface area contributed by atoms with Gasteiger partial charge in [0, 0.05) is 36.0 Å². The third-order valence-electron chi connectivity index (χ3n) is 7.95. The molecule has 2 aliphatic carbocycles. The van der Waals surface area contributed by atoms with Gasteiger partial charge < -0.3 is 18.8 Å². The lowest BCUT2D eigenvalue weighted by Crippen LogP contribution is -2.38. The number of furan rings is 1. The quantitative estimate of drug-likeness (QED) is 0.338. The standard InChI is InChI=1S/C32H37N3O3/c1-3-23-20-22(14-15-27(23)36-2)8-6-13-30-33-26-11-7-10-25(29-21-24-9-4-5-12-28(24)38-29)31(26)32(34-30)35-16-18-37-19-17-35/h4-5,9-10,12,15,20-22H,3,6-8,11,13-14,16-19H2,1-2H3. The van der Waals surface area contributed by atoms with Crippen LogP contribution in [-0.4, -0.2) is 43.4 Å². The lowest BCUT2D eigenvalue weighted by atomic mass is 9.89. The molecule has 0 bridgehead atoms. The molecule has 1 unspecified atom stereocenters. The van der Waals surface area contributed by atoms with Gasteiger partial charge in [-0.15, -0.1) is 0 Å². The molecule has 198 valence electrons. The molecule has 2 aromatic heterocycles. The van der Waals surface area contributed by atoms with Crippen LogP contribution in [0.2, 0.25) is 0 Å². The van der Waals surface area contributed by atoms with Crippen LogP contribution < -0.4 is 4.90 Å². The molecule has 0 spiro atoms. The Morgan fingerprint density at radius 1 is 1.11 bits per heavy atom. The van der Waals surface area contributed by atoms with Gasteiger partial charge in [0.2, 0.25) is 0 Å². The Kier molecular flexibility index (Phi) is 7.32. The number of aryl methyl sites for hydroxylation is 2. The lowest BCUT2D eigenvalue weighted by molar-refractivity contribution is 0.122. The van der Waals surface area contributed by atoms with E-state index in [9.17, 15) is 0 Å². The predicted molar refractivity (Wildman–Crippen MR) is 151 cm³/mol. The molecule has 0 radical (unpaired) electrons. The molecule has 1 atom stereocenters. The average molecular weight is 512 g/mol. The van der Waals surface area contributed by atoms with Crippen molar-refractivity contribution in [2.75, 3.05) is 38.3 Å². The number of anilines is 1. The summed E-state index contributed by atoms with van der Waals surface area (Å²) in [5, 5.41) is 1.12. The van der Waals surface area contributed by atoms with Gasteiger partial charge >= 0.3 is 0 Å². The predicted octanol–water partition coefficient (Wildman–Crippen LogP) is 6.65. The smallest absolute Gasteiger partial charge is 0.140 e. The summed E-state index contributed by atoms with van der Waals surface area (Å²) in [5.41, 5.74) is 5.65. The first-order valence-corrected chi connectivity index (χ1v) is 14.1. The highest BCUT2D eigenvalue weighted by atomic mass is 16.5. The Morgan fingerprint density at radius 3 is 2.79 bits per heavy atom. The number of aromatic nitrogens is 2. The Labute approximate surface area is 225 Å². The van der Waals surface area contributed by atoms with E-state index in [4.69, 9.17) is 23.9 Å². The van der Waals surface area contributed by atoms with Crippen LogP contribution in [0, 0.1) is 5.92 Å². The first-order valence-electron chi connectivity index (χ1n) is 14.1. The van der Waals surface area contributed by atoms with E-state index < -0.39 is 0 Å². The molecule has 1 fully saturated rings. The second kappa shape index (κ2) is 11.2. The molecule has 0 N–H and O–H groups in total. The molecule has 3 heterocycles. The first-order chi connectivity index (χ1) is 18.7. The highest BCUT2D eigenvalue weighted by Gasteiger charge is 2.28. The van der Waals surface area contributed by atoms with Crippen LogP contribution in [0.1, 0.15) is 61.9 Å². The third-order valence-corrected chi connectivity index (χ3v) is 7.95. The van der Waals surface area contributed by atoms with Gasteiger partial charge in [0.15, 0.2) is 0 Å². The number of methoxy groups -OCH3 is 1. The second-order valence-corrected chi connectivity index (χ2v) is 10.4. The van der Waals surface area contributed by atoms with E-state index in [1.165, 1.54) is 5.57 Å². The maximum atomic E-state index is 6.32. The van der Waals surface area contributed by atoms with E-state index in [-0.39, 0.29) is 0 Å². The normalized spacial score (nSPS) is 19.6. The molecule has 3 aliphatic rings. The third kappa shape index (κ3) is 5.02. The molecular formula is C32H37N3O3. The topological polar surface area (TPSA) is 60.6 Å². The summed E-state index contributed by atoms with van der Waals surface area (Å²) in [6.07, 6.45) is 14.0. The van der Waals surface area contributed by atoms with Gasteiger partial charge in [0.25, 0.3) is 0 Å². The number of morpholine rings is 1. The lowest BCUT2D eigenvalue weighted by Gasteiger charge is -2.31. The van der Waals surface area contributed by atoms with E-state index in [0.29, 0.717) is 5.92 Å². The zero-order chi connectivity index (χ0) is 25.9. The van der Waals surface area contributed by atoms with Crippen LogP contribution in [0.25, 0.3) is 16.5 Å². The van der Waals surface area contributed by atoms with Gasteiger partial charge in [-0.1, -0.05) is 37.3 Å². The van der Waals surface area contributed by atoms with Crippen LogP contribution in [0.15, 0.2) is 64.3 Å². The molecule has 0 saturated carbocycles. The fraction of sp³-hybridized carbons (Fsp3) is 0.438. The Morgan fingerprint density at radius 2 is 1.97 bits per heavy atom. The van der Waals surface area contributed by atoms with Crippen molar-refractivity contribution in [2.24, 2.45) is 5.92 Å². The number of hydrogen-bond acceptors (Lipinski definition) is 6. The maximum Gasteiger partial charge on any atom is 0.140 e. The summed E-state index contributed by atoms with van der Waals surface area (Å²) in [6.45, 7) is 5.34. The summed E-state index contributed by atoms with van der Waals surface area (Å²) >= 11 is 0. The fourth-order valence-electron chi connectivity index (χ4n) is 5.96. The highest BCUT2D eigenvalue weighted by Crippen LogP contribution is 2.39. The van der Waals surface area contributed by atoms with E-state index in [2.05, 4.69) is 48.3 Å². The molecule has 0 amide bonds. The minimum atomic E-state index is 0.558. The number of para-hydroxylation sites is 1. The zero-order valence-electron chi connectivity index (χ0n) is 22.5. The zero-order valence-corrected chi connectivity index (χ0v) is 22.5. The Bertz CT molecular complexity index is 1360. The van der Waals surface area contributed by atoms with Gasteiger partial charge in [0.1, 0.15) is 28.7 Å². The number of benzene rings is 1. The van der Waals surface area contributed by atoms with Crippen molar-refractivity contribution in [2.45, 2.75) is 51.9 Å². The van der Waals surface area contributed by atoms with Crippen LogP contribution in [0.3, 0.4) is 0 Å². The number of rotatable bonds is 8. The van der Waals surface area contributed by atoms with Crippen molar-refractivity contribution in [3.05, 3.63) is 82.7 Å². The molecule has 6 heteroatoms. The Hall–Kier alpha value is -3.38. The summed E-state index contributed by atoms with van der Waals surface area (Å²) in [4.78, 5) is 12.7. The van der Waals surface area contributed by atoms with Gasteiger partial charge in [-0.2, -0.15) is 0 Å². The van der Waals surface area contributed by atoms with Gasteiger partial charge in [-0.25, -0.2) is 9.97 Å². The van der Waals surface area contributed by atoms with Gasteiger partial charge in [-0.3, -0.25) is 0 Å². The van der Waals surface area contributed by atoms with Crippen molar-refractivity contribution in [3.63, 3.8) is 0 Å². The minimum Gasteiger partial charge on any atom is -0.497 e. The molecule has 6 rings (SSSR count). The molecule has 6 nitrogen and oxygen atoms in total. The van der Waals surface area contributed by atoms with E-state index in [1.807, 2.05) is 12.1 Å². The van der Waals surface area contributed by atoms with Crippen LogP contribution in [-0.2, 0) is 22.3 Å². The number of allylic oxidation sites excluding steroid dienone is 4. The highest BCUT2D eigenvalue weighted by molar-refractivity contribution is 5.90. The molecule has 1 saturated heterocycles. The minimum absolute atomic E-state index is 0.558. The summed E-state index contributed by atoms with van der Waals surface area (Å²) in [7, 11) is 1.77.